The molecule has 108 valence electrons. The lowest BCUT2D eigenvalue weighted by atomic mass is 9.39. The summed E-state index contributed by atoms with van der Waals surface area (Å²) in [5.74, 6) is 0.826. The van der Waals surface area contributed by atoms with Gasteiger partial charge in [0.25, 0.3) is 0 Å². The predicted molar refractivity (Wildman–Crippen MR) is 93.7 cm³/mol. The van der Waals surface area contributed by atoms with E-state index >= 15 is 0 Å². The molecule has 0 fully saturated rings. The Labute approximate surface area is 122 Å². The summed E-state index contributed by atoms with van der Waals surface area (Å²) in [5.41, 5.74) is 6.22. The quantitative estimate of drug-likeness (QED) is 0.505. The van der Waals surface area contributed by atoms with Crippen LogP contribution in [0.3, 0.4) is 0 Å². The van der Waals surface area contributed by atoms with Gasteiger partial charge in [-0.2, -0.15) is 0 Å². The van der Waals surface area contributed by atoms with E-state index in [9.17, 15) is 0 Å². The summed E-state index contributed by atoms with van der Waals surface area (Å²) in [4.78, 5) is 0. The van der Waals surface area contributed by atoms with Gasteiger partial charge >= 0.3 is 0 Å². The summed E-state index contributed by atoms with van der Waals surface area (Å²) in [6, 6.07) is 0. The fourth-order valence-corrected chi connectivity index (χ4v) is 6.79. The van der Waals surface area contributed by atoms with Crippen LogP contribution in [0.25, 0.3) is 0 Å². The van der Waals surface area contributed by atoms with Crippen LogP contribution in [0.2, 0.25) is 25.7 Å². The highest BCUT2D eigenvalue weighted by Crippen LogP contribution is 2.40. The maximum absolute atomic E-state index is 2.72. The minimum absolute atomic E-state index is 0.804. The second kappa shape index (κ2) is 6.97. The first-order valence-corrected chi connectivity index (χ1v) is 11.4. The van der Waals surface area contributed by atoms with E-state index < -0.39 is 8.07 Å². The molecule has 1 heterocycles. The fraction of sp³-hybridized carbons (Fsp3) is 0.765. The second-order valence-corrected chi connectivity index (χ2v) is 11.4. The van der Waals surface area contributed by atoms with Crippen molar-refractivity contribution in [1.29, 1.82) is 0 Å². The standard InChI is InChI=1S/C17H33BSi/c1-8-15-16(18(9-2)10-3)13-19(6,7)17(15)12-11-14(4)5/h13-14H,8-12H2,1-7H3. The molecule has 1 rings (SSSR count). The lowest BCUT2D eigenvalue weighted by Gasteiger charge is -2.21. The lowest BCUT2D eigenvalue weighted by Crippen LogP contribution is -2.25. The Morgan fingerprint density at radius 3 is 2.11 bits per heavy atom. The summed E-state index contributed by atoms with van der Waals surface area (Å²) in [5, 5.41) is 1.87. The van der Waals surface area contributed by atoms with Gasteiger partial charge in [0.2, 0.25) is 0 Å². The molecule has 0 saturated heterocycles. The molecule has 0 bridgehead atoms. The zero-order valence-electron chi connectivity index (χ0n) is 14.3. The van der Waals surface area contributed by atoms with E-state index in [-0.39, 0.29) is 0 Å². The maximum Gasteiger partial charge on any atom is 0.174 e. The molecule has 0 saturated carbocycles. The van der Waals surface area contributed by atoms with Crippen molar-refractivity contribution in [1.82, 2.24) is 0 Å². The van der Waals surface area contributed by atoms with Gasteiger partial charge in [0.15, 0.2) is 6.71 Å². The first-order chi connectivity index (χ1) is 8.87. The molecule has 0 aromatic carbocycles. The first kappa shape index (κ1) is 16.8. The molecule has 0 N–H and O–H groups in total. The van der Waals surface area contributed by atoms with Crippen molar-refractivity contribution in [3.05, 3.63) is 21.9 Å². The molecule has 0 aromatic heterocycles. The Morgan fingerprint density at radius 2 is 1.68 bits per heavy atom. The van der Waals surface area contributed by atoms with E-state index in [2.05, 4.69) is 53.4 Å². The first-order valence-electron chi connectivity index (χ1n) is 8.32. The molecule has 0 unspecified atom stereocenters. The molecule has 0 amide bonds. The van der Waals surface area contributed by atoms with Gasteiger partial charge in [-0.05, 0) is 25.2 Å². The largest absolute Gasteiger partial charge is 0.174 e. The van der Waals surface area contributed by atoms with Crippen LogP contribution in [0.1, 0.15) is 53.9 Å². The van der Waals surface area contributed by atoms with Crippen molar-refractivity contribution >= 4 is 14.8 Å². The zero-order valence-corrected chi connectivity index (χ0v) is 15.3. The summed E-state index contributed by atoms with van der Waals surface area (Å²) in [6.07, 6.45) is 6.55. The van der Waals surface area contributed by atoms with Crippen LogP contribution in [-0.4, -0.2) is 14.8 Å². The van der Waals surface area contributed by atoms with Crippen LogP contribution >= 0.6 is 0 Å². The highest BCUT2D eigenvalue weighted by atomic mass is 28.3. The third-order valence-electron chi connectivity index (χ3n) is 4.76. The molecular formula is C17H33BSi. The van der Waals surface area contributed by atoms with Gasteiger partial charge in [0.05, 0.1) is 8.07 Å². The minimum atomic E-state index is -1.26. The van der Waals surface area contributed by atoms with Crippen molar-refractivity contribution in [2.45, 2.75) is 79.6 Å². The Kier molecular flexibility index (Phi) is 6.17. The molecule has 2 heteroatoms. The summed E-state index contributed by atoms with van der Waals surface area (Å²) < 4.78 is 0. The van der Waals surface area contributed by atoms with Crippen molar-refractivity contribution < 1.29 is 0 Å². The topological polar surface area (TPSA) is 0 Å². The van der Waals surface area contributed by atoms with Crippen LogP contribution < -0.4 is 0 Å². The number of allylic oxidation sites excluding steroid dienone is 3. The number of rotatable bonds is 7. The zero-order chi connectivity index (χ0) is 14.6. The van der Waals surface area contributed by atoms with Crippen molar-refractivity contribution in [2.24, 2.45) is 5.92 Å². The van der Waals surface area contributed by atoms with E-state index in [0.29, 0.717) is 0 Å². The SMILES string of the molecule is CCB(CC)C1=C[Si](C)(C)C(CCC(C)C)=C1CC. The van der Waals surface area contributed by atoms with Gasteiger partial charge in [-0.15, -0.1) is 0 Å². The predicted octanol–water partition coefficient (Wildman–Crippen LogP) is 5.93. The van der Waals surface area contributed by atoms with Crippen LogP contribution in [0.15, 0.2) is 21.9 Å². The molecule has 0 spiro atoms. The average Bonchev–Trinajstić information content (AvgIpc) is 2.59. The van der Waals surface area contributed by atoms with Crippen LogP contribution in [0.4, 0.5) is 0 Å². The van der Waals surface area contributed by atoms with Gasteiger partial charge in [0, 0.05) is 0 Å². The number of hydrogen-bond donors (Lipinski definition) is 0. The summed E-state index contributed by atoms with van der Waals surface area (Å²) in [7, 11) is -1.26. The average molecular weight is 276 g/mol. The molecule has 19 heavy (non-hydrogen) atoms. The van der Waals surface area contributed by atoms with E-state index in [1.165, 1.54) is 31.9 Å². The van der Waals surface area contributed by atoms with Gasteiger partial charge in [-0.25, -0.2) is 0 Å². The van der Waals surface area contributed by atoms with Crippen LogP contribution in [0, 0.1) is 5.92 Å². The van der Waals surface area contributed by atoms with Gasteiger partial charge in [-0.1, -0.05) is 82.3 Å². The second-order valence-electron chi connectivity index (χ2n) is 7.08. The monoisotopic (exact) mass is 276 g/mol. The van der Waals surface area contributed by atoms with Crippen molar-refractivity contribution in [2.75, 3.05) is 0 Å². The molecule has 0 aliphatic carbocycles. The molecule has 0 aromatic rings. The maximum atomic E-state index is 2.72. The molecule has 0 nitrogen and oxygen atoms in total. The molecular weight excluding hydrogens is 243 g/mol. The van der Waals surface area contributed by atoms with Gasteiger partial charge in [-0.3, -0.25) is 0 Å². The molecule has 1 aliphatic heterocycles. The van der Waals surface area contributed by atoms with Gasteiger partial charge < -0.3 is 0 Å². The van der Waals surface area contributed by atoms with E-state index in [1.807, 2.05) is 5.20 Å². The third-order valence-corrected chi connectivity index (χ3v) is 7.90. The summed E-state index contributed by atoms with van der Waals surface area (Å²) >= 11 is 0. The van der Waals surface area contributed by atoms with Crippen molar-refractivity contribution in [3.8, 4) is 0 Å². The normalized spacial score (nSPS) is 18.2. The highest BCUT2D eigenvalue weighted by Gasteiger charge is 2.35. The third kappa shape index (κ3) is 3.87. The fourth-order valence-electron chi connectivity index (χ4n) is 3.54. The van der Waals surface area contributed by atoms with E-state index in [0.717, 1.165) is 12.6 Å². The number of hydrogen-bond acceptors (Lipinski definition) is 0. The summed E-state index contributed by atoms with van der Waals surface area (Å²) in [6.45, 7) is 17.7. The Morgan fingerprint density at radius 1 is 1.11 bits per heavy atom. The van der Waals surface area contributed by atoms with E-state index in [4.69, 9.17) is 0 Å². The van der Waals surface area contributed by atoms with Gasteiger partial charge in [0.1, 0.15) is 0 Å². The van der Waals surface area contributed by atoms with Crippen LogP contribution in [0.5, 0.6) is 0 Å². The molecule has 0 atom stereocenters. The smallest absolute Gasteiger partial charge is 0.0958 e. The highest BCUT2D eigenvalue weighted by molar-refractivity contribution is 6.92. The van der Waals surface area contributed by atoms with E-state index in [1.54, 1.807) is 11.0 Å². The molecule has 0 radical (unpaired) electrons. The molecule has 1 aliphatic rings. The van der Waals surface area contributed by atoms with Crippen molar-refractivity contribution in [3.63, 3.8) is 0 Å². The Hall–Kier alpha value is -0.238. The van der Waals surface area contributed by atoms with Crippen LogP contribution in [-0.2, 0) is 0 Å². The lowest BCUT2D eigenvalue weighted by molar-refractivity contribution is 0.589. The Balaban J connectivity index is 3.07. The minimum Gasteiger partial charge on any atom is -0.0958 e. The Bertz CT molecular complexity index is 359.